The quantitative estimate of drug-likeness (QED) is 0.117. The largest absolute Gasteiger partial charge is 0.459 e. The molecule has 4 aliphatic heterocycles. The molecule has 6 N–H and O–H groups in total. The molecule has 0 spiro atoms. The van der Waals surface area contributed by atoms with Gasteiger partial charge in [-0.2, -0.15) is 0 Å². The zero-order valence-corrected chi connectivity index (χ0v) is 50.5. The molecule has 1 aromatic carbocycles. The van der Waals surface area contributed by atoms with E-state index in [2.05, 4.69) is 15.2 Å². The van der Waals surface area contributed by atoms with Crippen LogP contribution < -0.4 is 0 Å². The van der Waals surface area contributed by atoms with Crippen molar-refractivity contribution in [2.24, 2.45) is 17.8 Å². The van der Waals surface area contributed by atoms with E-state index in [-0.39, 0.29) is 31.1 Å². The highest BCUT2D eigenvalue weighted by atomic mass is 19.1. The fraction of sp³-hybridized carbons (Fsp3) is 0.828. The van der Waals surface area contributed by atoms with Crippen molar-refractivity contribution in [1.29, 1.82) is 0 Å². The number of hydrogen-bond acceptors (Lipinski definition) is 20. The highest BCUT2D eigenvalue weighted by Gasteiger charge is 2.53. The second kappa shape index (κ2) is 28.7. The summed E-state index contributed by atoms with van der Waals surface area (Å²) in [5.74, 6) is -3.18. The van der Waals surface area contributed by atoms with Gasteiger partial charge < -0.3 is 78.5 Å². The molecular weight excluding hydrogens is 1050 g/mol. The Morgan fingerprint density at radius 3 is 2.22 bits per heavy atom. The number of rotatable bonds is 18. The zero-order valence-electron chi connectivity index (χ0n) is 50.5. The number of carbonyl (C=O) groups is 2. The first-order valence-corrected chi connectivity index (χ1v) is 29.1. The number of ether oxygens (including phenoxy) is 7. The molecule has 0 unspecified atom stereocenters. The van der Waals surface area contributed by atoms with Gasteiger partial charge in [-0.1, -0.05) is 50.3 Å². The maximum absolute atomic E-state index is 15.0. The van der Waals surface area contributed by atoms with Crippen LogP contribution in [0.4, 0.5) is 4.39 Å². The maximum Gasteiger partial charge on any atom is 0.311 e. The summed E-state index contributed by atoms with van der Waals surface area (Å²) in [6.07, 6.45) is -8.17. The van der Waals surface area contributed by atoms with Gasteiger partial charge in [-0.3, -0.25) is 14.5 Å². The van der Waals surface area contributed by atoms with Gasteiger partial charge in [-0.15, -0.1) is 5.10 Å². The van der Waals surface area contributed by atoms with E-state index >= 15 is 4.39 Å². The summed E-state index contributed by atoms with van der Waals surface area (Å²) in [6.45, 7) is 20.1. The number of piperazine rings is 1. The molecule has 0 saturated carbocycles. The van der Waals surface area contributed by atoms with Gasteiger partial charge in [-0.25, -0.2) is 9.07 Å². The van der Waals surface area contributed by atoms with Crippen molar-refractivity contribution >= 4 is 11.9 Å². The number of aromatic nitrogens is 3. The molecule has 2 aromatic rings. The van der Waals surface area contributed by atoms with Crippen molar-refractivity contribution < 1.29 is 77.8 Å². The number of carbonyl (C=O) groups excluding carboxylic acids is 2. The van der Waals surface area contributed by atoms with Crippen LogP contribution >= 0.6 is 0 Å². The van der Waals surface area contributed by atoms with Gasteiger partial charge in [0.15, 0.2) is 12.6 Å². The summed E-state index contributed by atoms with van der Waals surface area (Å²) in [5.41, 5.74) is -2.20. The van der Waals surface area contributed by atoms with E-state index < -0.39 is 134 Å². The number of hydrogen-bond donors (Lipinski definition) is 6. The standard InChI is InChI=1S/C58H98FN7O15/c1-15-45-58(10,74)51(70)38(6)63(12)30-34(2)27-56(8,73)53(36(4)49(37(5)54(72)79-45)80-47-28-57(9,76-14)52(71)39(7)78-47)81-55-48(69)43(26-35(3)77-55)62(11)21-20-42-32-66(61-60-42)44(29-59)50(75-13)41-18-16-40(17-19-41)31-64-22-24-65(25-23-64)46(68)33-67/h16-19,32,34-39,43-45,47-53,55,67,69-71,73-74H,15,20-31,33H2,1-14H3/t34-,35-,36+,37-,38-,39+,43+,44-,45-,47+,48-,49+,50-,51-,52+,53-,55+,56-,57-,58-/m1/s1. The minimum Gasteiger partial charge on any atom is -0.459 e. The molecule has 4 fully saturated rings. The van der Waals surface area contributed by atoms with Gasteiger partial charge in [-0.05, 0) is 98.9 Å². The molecule has 462 valence electrons. The summed E-state index contributed by atoms with van der Waals surface area (Å²) >= 11 is 0. The number of aliphatic hydroxyl groups is 6. The second-order valence-electron chi connectivity index (χ2n) is 24.6. The number of cyclic esters (lactones) is 1. The minimum atomic E-state index is -1.86. The maximum atomic E-state index is 15.0. The summed E-state index contributed by atoms with van der Waals surface area (Å²) in [4.78, 5) is 34.3. The number of alkyl halides is 1. The van der Waals surface area contributed by atoms with Gasteiger partial charge in [0.25, 0.3) is 0 Å². The molecule has 22 nitrogen and oxygen atoms in total. The van der Waals surface area contributed by atoms with Crippen LogP contribution in [-0.2, 0) is 55.7 Å². The van der Waals surface area contributed by atoms with E-state index in [9.17, 15) is 40.2 Å². The SMILES string of the molecule is CC[C@H]1OC(=O)[C@H](C)[C@@H](O[C@H]2C[C@@](C)(OC)[C@@H](O)[C@H](C)O2)[C@H](C)[C@@H](O[C@@H]2O[C@H](C)C[C@H](N(C)CCc3cn([C@H](CF)[C@H](OC)c4ccc(CN5CCN(C(=O)CO)CC5)cc4)nn3)[C@H]2O)[C@](C)(O)C[C@@H](C)CN(C)[C@H](C)[C@@H](O)[C@]1(C)O. The van der Waals surface area contributed by atoms with Gasteiger partial charge in [0.05, 0.1) is 47.2 Å². The zero-order chi connectivity index (χ0) is 59.9. The van der Waals surface area contributed by atoms with Crippen molar-refractivity contribution in [1.82, 2.24) is 34.6 Å². The molecule has 81 heavy (non-hydrogen) atoms. The Balaban J connectivity index is 1.21. The first kappa shape index (κ1) is 66.8. The van der Waals surface area contributed by atoms with Gasteiger partial charge in [0.2, 0.25) is 5.91 Å². The van der Waals surface area contributed by atoms with Crippen LogP contribution in [0.25, 0.3) is 0 Å². The van der Waals surface area contributed by atoms with Crippen LogP contribution in [0.5, 0.6) is 0 Å². The first-order chi connectivity index (χ1) is 38.1. The highest BCUT2D eigenvalue weighted by Crippen LogP contribution is 2.41. The van der Waals surface area contributed by atoms with Gasteiger partial charge >= 0.3 is 5.97 Å². The molecule has 4 saturated heterocycles. The number of esters is 1. The molecular formula is C58H98FN7O15. The third-order valence-electron chi connectivity index (χ3n) is 18.1. The fourth-order valence-electron chi connectivity index (χ4n) is 12.8. The molecule has 0 radical (unpaired) electrons. The van der Waals surface area contributed by atoms with E-state index in [4.69, 9.17) is 33.2 Å². The lowest BCUT2D eigenvalue weighted by Crippen LogP contribution is -2.61. The molecule has 23 heteroatoms. The third-order valence-corrected chi connectivity index (χ3v) is 18.1. The van der Waals surface area contributed by atoms with E-state index in [1.165, 1.54) is 25.8 Å². The Morgan fingerprint density at radius 2 is 1.62 bits per heavy atom. The van der Waals surface area contributed by atoms with Crippen LogP contribution in [0.3, 0.4) is 0 Å². The molecule has 0 aliphatic carbocycles. The number of likely N-dealkylation sites (N-methyl/N-ethyl adjacent to an activating group) is 2. The lowest BCUT2D eigenvalue weighted by Gasteiger charge is -2.49. The molecule has 0 bridgehead atoms. The Morgan fingerprint density at radius 1 is 0.951 bits per heavy atom. The molecule has 1 aromatic heterocycles. The monoisotopic (exact) mass is 1150 g/mol. The van der Waals surface area contributed by atoms with Crippen LogP contribution in [-0.4, -0.2) is 248 Å². The van der Waals surface area contributed by atoms with Crippen LogP contribution in [0.1, 0.15) is 124 Å². The molecule has 5 heterocycles. The van der Waals surface area contributed by atoms with Crippen molar-refractivity contribution in [3.63, 3.8) is 0 Å². The molecule has 1 amide bonds. The van der Waals surface area contributed by atoms with Crippen molar-refractivity contribution in [2.75, 3.05) is 80.9 Å². The van der Waals surface area contributed by atoms with Crippen LogP contribution in [0.15, 0.2) is 30.5 Å². The third kappa shape index (κ3) is 15.9. The summed E-state index contributed by atoms with van der Waals surface area (Å²) < 4.78 is 60.8. The van der Waals surface area contributed by atoms with E-state index in [1.807, 2.05) is 62.0 Å². The lowest BCUT2D eigenvalue weighted by molar-refractivity contribution is -0.318. The summed E-state index contributed by atoms with van der Waals surface area (Å²) in [5, 5.41) is 78.0. The summed E-state index contributed by atoms with van der Waals surface area (Å²) in [7, 11) is 6.73. The highest BCUT2D eigenvalue weighted by molar-refractivity contribution is 5.77. The smallest absolute Gasteiger partial charge is 0.311 e. The number of aliphatic hydroxyl groups excluding tert-OH is 4. The predicted octanol–water partition coefficient (Wildman–Crippen LogP) is 2.64. The Labute approximate surface area is 479 Å². The topological polar surface area (TPSA) is 264 Å². The predicted molar refractivity (Wildman–Crippen MR) is 297 cm³/mol. The number of amides is 1. The van der Waals surface area contributed by atoms with Crippen molar-refractivity contribution in [3.8, 4) is 0 Å². The summed E-state index contributed by atoms with van der Waals surface area (Å²) in [6, 6.07) is 5.91. The van der Waals surface area contributed by atoms with Crippen LogP contribution in [0, 0.1) is 17.8 Å². The van der Waals surface area contributed by atoms with Crippen molar-refractivity contribution in [3.05, 3.63) is 47.3 Å². The first-order valence-electron chi connectivity index (χ1n) is 29.1. The van der Waals surface area contributed by atoms with Crippen molar-refractivity contribution in [2.45, 2.75) is 210 Å². The Hall–Kier alpha value is -3.37. The lowest BCUT2D eigenvalue weighted by atomic mass is 9.77. The van der Waals surface area contributed by atoms with E-state index in [0.717, 1.165) is 11.1 Å². The number of halogens is 1. The number of nitrogens with zero attached hydrogens (tertiary/aromatic N) is 7. The Bertz CT molecular complexity index is 2280. The molecule has 4 aliphatic rings. The average Bonchev–Trinajstić information content (AvgIpc) is 3.93. The van der Waals surface area contributed by atoms with Gasteiger partial charge in [0, 0.05) is 97.1 Å². The normalized spacial score (nSPS) is 38.3. The van der Waals surface area contributed by atoms with Gasteiger partial charge in [0.1, 0.15) is 55.4 Å². The average molecular weight is 1150 g/mol. The van der Waals surface area contributed by atoms with E-state index in [0.29, 0.717) is 64.3 Å². The Kier molecular flexibility index (Phi) is 23.6. The van der Waals surface area contributed by atoms with E-state index in [1.54, 1.807) is 59.6 Å². The number of benzene rings is 1. The molecule has 20 atom stereocenters. The molecule has 6 rings (SSSR count). The minimum absolute atomic E-state index is 0.0764. The van der Waals surface area contributed by atoms with Crippen LogP contribution in [0.2, 0.25) is 0 Å². The second-order valence-corrected chi connectivity index (χ2v) is 24.6. The fourth-order valence-corrected chi connectivity index (χ4v) is 12.8. The number of methoxy groups -OCH3 is 2.